The first-order valence-corrected chi connectivity index (χ1v) is 12.6. The lowest BCUT2D eigenvalue weighted by molar-refractivity contribution is 0.301. The van der Waals surface area contributed by atoms with Gasteiger partial charge in [0.1, 0.15) is 17.0 Å². The molecule has 3 heterocycles. The molecule has 1 saturated carbocycles. The minimum Gasteiger partial charge on any atom is -0.480 e. The zero-order chi connectivity index (χ0) is 25.9. The first-order chi connectivity index (χ1) is 17.4. The molecule has 1 aromatic carbocycles. The van der Waals surface area contributed by atoms with Crippen molar-refractivity contribution in [1.29, 1.82) is 0 Å². The van der Waals surface area contributed by atoms with E-state index in [1.54, 1.807) is 31.5 Å². The van der Waals surface area contributed by atoms with Crippen molar-refractivity contribution < 1.29 is 18.6 Å². The number of anilines is 2. The Kier molecular flexibility index (Phi) is 7.82. The Hall–Kier alpha value is -3.14. The van der Waals surface area contributed by atoms with Crippen LogP contribution in [-0.2, 0) is 5.67 Å². The summed E-state index contributed by atoms with van der Waals surface area (Å²) < 4.78 is 35.6. The van der Waals surface area contributed by atoms with Crippen LogP contribution >= 0.6 is 0 Å². The van der Waals surface area contributed by atoms with Crippen molar-refractivity contribution in [2.75, 3.05) is 50.2 Å². The second-order valence-electron chi connectivity index (χ2n) is 9.02. The normalized spacial score (nSPS) is 16.9. The summed E-state index contributed by atoms with van der Waals surface area (Å²) in [6.45, 7) is 5.60. The van der Waals surface area contributed by atoms with Crippen LogP contribution in [0.3, 0.4) is 0 Å². The van der Waals surface area contributed by atoms with E-state index < -0.39 is 11.5 Å². The zero-order valence-corrected chi connectivity index (χ0v) is 21.3. The molecule has 194 valence electrons. The Bertz CT molecular complexity index is 1200. The van der Waals surface area contributed by atoms with Crippen LogP contribution in [0.15, 0.2) is 24.5 Å². The summed E-state index contributed by atoms with van der Waals surface area (Å²) >= 11 is 0. The summed E-state index contributed by atoms with van der Waals surface area (Å²) in [5.74, 6) is 0.786. The van der Waals surface area contributed by atoms with Crippen molar-refractivity contribution in [3.63, 3.8) is 0 Å². The third-order valence-electron chi connectivity index (χ3n) is 6.75. The largest absolute Gasteiger partial charge is 0.480 e. The third kappa shape index (κ3) is 5.04. The average molecular weight is 501 g/mol. The highest BCUT2D eigenvalue weighted by Crippen LogP contribution is 2.49. The molecule has 2 aromatic heterocycles. The molecule has 1 saturated heterocycles. The van der Waals surface area contributed by atoms with Crippen LogP contribution in [0.4, 0.5) is 20.3 Å². The molecule has 0 unspecified atom stereocenters. The molecule has 0 amide bonds. The van der Waals surface area contributed by atoms with Gasteiger partial charge in [-0.3, -0.25) is 4.98 Å². The number of benzene rings is 1. The summed E-state index contributed by atoms with van der Waals surface area (Å²) in [6.07, 6.45) is 5.54. The van der Waals surface area contributed by atoms with E-state index in [0.717, 1.165) is 18.5 Å². The molecule has 2 fully saturated rings. The molecule has 5 rings (SSSR count). The van der Waals surface area contributed by atoms with Gasteiger partial charge in [-0.2, -0.15) is 0 Å². The Morgan fingerprint density at radius 3 is 2.47 bits per heavy atom. The number of hydrogen-bond acceptors (Lipinski definition) is 8. The molecule has 10 heteroatoms. The van der Waals surface area contributed by atoms with Gasteiger partial charge in [0.25, 0.3) is 0 Å². The molecule has 2 aliphatic rings. The van der Waals surface area contributed by atoms with Crippen LogP contribution in [0.2, 0.25) is 0 Å². The molecule has 3 aromatic rings. The first kappa shape index (κ1) is 25.9. The van der Waals surface area contributed by atoms with Gasteiger partial charge in [0.2, 0.25) is 5.88 Å². The van der Waals surface area contributed by atoms with E-state index in [4.69, 9.17) is 4.74 Å². The highest BCUT2D eigenvalue weighted by Gasteiger charge is 2.48. The fraction of sp³-hybridized carbons (Fsp3) is 0.538. The smallest absolute Gasteiger partial charge is 0.235 e. The van der Waals surface area contributed by atoms with Gasteiger partial charge in [-0.1, -0.05) is 13.8 Å². The Balaban J connectivity index is 0.00000148. The molecular weight excluding hydrogens is 466 g/mol. The Morgan fingerprint density at radius 2 is 1.83 bits per heavy atom. The molecule has 1 aliphatic carbocycles. The van der Waals surface area contributed by atoms with Crippen LogP contribution in [-0.4, -0.2) is 65.4 Å². The predicted octanol–water partition coefficient (Wildman–Crippen LogP) is 4.36. The highest BCUT2D eigenvalue weighted by molar-refractivity contribution is 5.93. The molecule has 8 nitrogen and oxygen atoms in total. The van der Waals surface area contributed by atoms with Gasteiger partial charge in [-0.25, -0.2) is 23.7 Å². The lowest BCUT2D eigenvalue weighted by atomic mass is 9.93. The lowest BCUT2D eigenvalue weighted by Crippen LogP contribution is -2.34. The van der Waals surface area contributed by atoms with Crippen LogP contribution in [0, 0.1) is 5.82 Å². The topological polar surface area (TPSA) is 87.5 Å². The first-order valence-electron chi connectivity index (χ1n) is 12.6. The number of methoxy groups -OCH3 is 1. The van der Waals surface area contributed by atoms with E-state index >= 15 is 4.39 Å². The van der Waals surface area contributed by atoms with E-state index in [2.05, 4.69) is 24.8 Å². The van der Waals surface area contributed by atoms with Crippen molar-refractivity contribution in [3.8, 4) is 5.88 Å². The molecular formula is C26H34F2N6O2. The van der Waals surface area contributed by atoms with Gasteiger partial charge in [0, 0.05) is 56.1 Å². The summed E-state index contributed by atoms with van der Waals surface area (Å²) in [6, 6.07) is 3.20. The number of likely N-dealkylation sites (N-methyl/N-ethyl adjacent to an activating group) is 1. The van der Waals surface area contributed by atoms with E-state index in [-0.39, 0.29) is 23.9 Å². The number of piperidine rings is 1. The van der Waals surface area contributed by atoms with Gasteiger partial charge in [0.05, 0.1) is 13.7 Å². The average Bonchev–Trinajstić information content (AvgIpc) is 3.68. The SMILES string of the molecule is CC.COc1nccnc1C1CCN(c2nc(C3(F)CC3)nc3c(F)cc(N(C)CCO)cc23)CC1. The van der Waals surface area contributed by atoms with Gasteiger partial charge in [-0.15, -0.1) is 0 Å². The van der Waals surface area contributed by atoms with Crippen molar-refractivity contribution in [1.82, 2.24) is 19.9 Å². The highest BCUT2D eigenvalue weighted by atomic mass is 19.1. The summed E-state index contributed by atoms with van der Waals surface area (Å²) in [4.78, 5) is 21.5. The van der Waals surface area contributed by atoms with Crippen molar-refractivity contribution >= 4 is 22.4 Å². The predicted molar refractivity (Wildman–Crippen MR) is 136 cm³/mol. The molecule has 1 aliphatic heterocycles. The number of ether oxygens (including phenoxy) is 1. The molecule has 1 N–H and O–H groups in total. The Labute approximate surface area is 210 Å². The summed E-state index contributed by atoms with van der Waals surface area (Å²) in [5.41, 5.74) is -0.00917. The van der Waals surface area contributed by atoms with Crippen molar-refractivity contribution in [3.05, 3.63) is 41.9 Å². The number of halogens is 2. The van der Waals surface area contributed by atoms with Gasteiger partial charge in [0.15, 0.2) is 17.3 Å². The molecule has 0 atom stereocenters. The minimum absolute atomic E-state index is 0.0534. The van der Waals surface area contributed by atoms with Gasteiger partial charge < -0.3 is 19.6 Å². The maximum Gasteiger partial charge on any atom is 0.235 e. The quantitative estimate of drug-likeness (QED) is 0.512. The summed E-state index contributed by atoms with van der Waals surface area (Å²) in [7, 11) is 3.37. The zero-order valence-electron chi connectivity index (χ0n) is 21.3. The van der Waals surface area contributed by atoms with E-state index in [0.29, 0.717) is 55.2 Å². The number of aliphatic hydroxyl groups is 1. The number of hydrogen-bond donors (Lipinski definition) is 1. The molecule has 0 bridgehead atoms. The maximum atomic E-state index is 15.2. The standard InChI is InChI=1S/C24H28F2N6O2.C2H6/c1-31(11-12-33)16-13-17-20(18(25)14-16)29-23(24(26)5-6-24)30-21(17)32-9-3-15(4-10-32)19-22(34-2)28-8-7-27-19;1-2/h7-8,13-15,33H,3-6,9-12H2,1-2H3;1-2H3. The van der Waals surface area contributed by atoms with Crippen LogP contribution in [0.1, 0.15) is 57.0 Å². The van der Waals surface area contributed by atoms with Crippen molar-refractivity contribution in [2.45, 2.75) is 51.1 Å². The number of alkyl halides is 1. The lowest BCUT2D eigenvalue weighted by Gasteiger charge is -2.33. The molecule has 36 heavy (non-hydrogen) atoms. The number of aliphatic hydroxyl groups excluding tert-OH is 1. The Morgan fingerprint density at radius 1 is 1.14 bits per heavy atom. The van der Waals surface area contributed by atoms with Crippen LogP contribution in [0.5, 0.6) is 5.88 Å². The maximum absolute atomic E-state index is 15.2. The molecule has 0 spiro atoms. The minimum atomic E-state index is -1.58. The number of nitrogens with zero attached hydrogens (tertiary/aromatic N) is 6. The van der Waals surface area contributed by atoms with E-state index in [1.807, 2.05) is 19.9 Å². The van der Waals surface area contributed by atoms with Crippen molar-refractivity contribution in [2.24, 2.45) is 0 Å². The number of aromatic nitrogens is 4. The van der Waals surface area contributed by atoms with Crippen LogP contribution in [0.25, 0.3) is 10.9 Å². The number of fused-ring (bicyclic) bond motifs is 1. The van der Waals surface area contributed by atoms with E-state index in [1.165, 1.54) is 6.07 Å². The third-order valence-corrected chi connectivity index (χ3v) is 6.75. The fourth-order valence-electron chi connectivity index (χ4n) is 4.57. The number of rotatable bonds is 7. The monoisotopic (exact) mass is 500 g/mol. The second kappa shape index (κ2) is 10.9. The fourth-order valence-corrected chi connectivity index (χ4v) is 4.57. The van der Waals surface area contributed by atoms with Gasteiger partial charge in [-0.05, 0) is 37.8 Å². The van der Waals surface area contributed by atoms with Gasteiger partial charge >= 0.3 is 0 Å². The second-order valence-corrected chi connectivity index (χ2v) is 9.02. The summed E-state index contributed by atoms with van der Waals surface area (Å²) in [5, 5.41) is 9.84. The van der Waals surface area contributed by atoms with Crippen LogP contribution < -0.4 is 14.5 Å². The van der Waals surface area contributed by atoms with E-state index in [9.17, 15) is 9.50 Å². The molecule has 0 radical (unpaired) electrons.